The molecule has 0 heterocycles. The number of halogens is 2. The Hall–Kier alpha value is -1.37. The van der Waals surface area contributed by atoms with Gasteiger partial charge in [-0.1, -0.05) is 23.2 Å². The standard InChI is InChI=1S/C7H4Cl2O6/c8-2-4(10)1(7(13)15-14)5(11)3(9)6(2)12/h10-12,14H. The molecule has 0 radical (unpaired) electrons. The van der Waals surface area contributed by atoms with E-state index in [1.54, 1.807) is 0 Å². The molecule has 0 aliphatic carbocycles. The lowest BCUT2D eigenvalue weighted by molar-refractivity contribution is -0.183. The van der Waals surface area contributed by atoms with Crippen LogP contribution in [0.1, 0.15) is 10.4 Å². The summed E-state index contributed by atoms with van der Waals surface area (Å²) in [6.45, 7) is 0. The molecule has 0 amide bonds. The molecule has 8 heteroatoms. The highest BCUT2D eigenvalue weighted by molar-refractivity contribution is 6.39. The first-order valence-corrected chi connectivity index (χ1v) is 4.15. The number of hydrogen-bond donors (Lipinski definition) is 4. The van der Waals surface area contributed by atoms with Gasteiger partial charge in [0.2, 0.25) is 0 Å². The SMILES string of the molecule is O=C(OO)c1c(O)c(Cl)c(O)c(Cl)c1O. The van der Waals surface area contributed by atoms with Gasteiger partial charge in [0.15, 0.2) is 17.2 Å². The Morgan fingerprint density at radius 2 is 1.40 bits per heavy atom. The number of phenols is 3. The van der Waals surface area contributed by atoms with Crippen LogP contribution in [-0.4, -0.2) is 26.5 Å². The monoisotopic (exact) mass is 254 g/mol. The van der Waals surface area contributed by atoms with Gasteiger partial charge >= 0.3 is 5.97 Å². The van der Waals surface area contributed by atoms with Gasteiger partial charge in [-0.25, -0.2) is 4.79 Å². The first-order valence-electron chi connectivity index (χ1n) is 3.39. The average Bonchev–Trinajstić information content (AvgIpc) is 2.23. The smallest absolute Gasteiger partial charge is 0.380 e. The summed E-state index contributed by atoms with van der Waals surface area (Å²) in [7, 11) is 0. The first-order chi connectivity index (χ1) is 6.91. The molecule has 82 valence electrons. The summed E-state index contributed by atoms with van der Waals surface area (Å²) in [4.78, 5) is 14.2. The van der Waals surface area contributed by atoms with Crippen molar-refractivity contribution < 1.29 is 30.3 Å². The lowest BCUT2D eigenvalue weighted by Gasteiger charge is -2.09. The Kier molecular flexibility index (Phi) is 3.13. The number of carbonyl (C=O) groups excluding carboxylic acids is 1. The summed E-state index contributed by atoms with van der Waals surface area (Å²) >= 11 is 10.8. The van der Waals surface area contributed by atoms with Crippen molar-refractivity contribution in [2.24, 2.45) is 0 Å². The molecule has 1 aromatic rings. The van der Waals surface area contributed by atoms with E-state index >= 15 is 0 Å². The maximum Gasteiger partial charge on any atom is 0.380 e. The Morgan fingerprint density at radius 3 is 1.73 bits per heavy atom. The molecule has 0 aromatic heterocycles. The molecule has 4 N–H and O–H groups in total. The minimum absolute atomic E-state index is 0.641. The molecule has 0 spiro atoms. The molecule has 0 saturated heterocycles. The fourth-order valence-corrected chi connectivity index (χ4v) is 1.32. The van der Waals surface area contributed by atoms with Gasteiger partial charge in [0.25, 0.3) is 0 Å². The topological polar surface area (TPSA) is 107 Å². The molecule has 0 bridgehead atoms. The van der Waals surface area contributed by atoms with Crippen molar-refractivity contribution >= 4 is 29.2 Å². The van der Waals surface area contributed by atoms with Gasteiger partial charge in [-0.05, 0) is 0 Å². The average molecular weight is 255 g/mol. The Bertz CT molecular complexity index is 401. The molecule has 0 saturated carbocycles. The van der Waals surface area contributed by atoms with E-state index in [0.717, 1.165) is 0 Å². The van der Waals surface area contributed by atoms with E-state index in [2.05, 4.69) is 4.89 Å². The van der Waals surface area contributed by atoms with Crippen LogP contribution in [0.15, 0.2) is 0 Å². The van der Waals surface area contributed by atoms with Gasteiger partial charge in [0.05, 0.1) is 0 Å². The van der Waals surface area contributed by atoms with Gasteiger partial charge in [-0.15, -0.1) is 0 Å². The largest absolute Gasteiger partial charge is 0.505 e. The van der Waals surface area contributed by atoms with Gasteiger partial charge in [-0.3, -0.25) is 4.89 Å². The summed E-state index contributed by atoms with van der Waals surface area (Å²) in [5, 5.41) is 34.5. The lowest BCUT2D eigenvalue weighted by Crippen LogP contribution is -2.03. The predicted molar refractivity (Wildman–Crippen MR) is 49.5 cm³/mol. The second-order valence-corrected chi connectivity index (χ2v) is 3.18. The highest BCUT2D eigenvalue weighted by atomic mass is 35.5. The number of rotatable bonds is 1. The highest BCUT2D eigenvalue weighted by Gasteiger charge is 2.27. The summed E-state index contributed by atoms with van der Waals surface area (Å²) < 4.78 is 0. The molecule has 15 heavy (non-hydrogen) atoms. The van der Waals surface area contributed by atoms with Gasteiger partial charge < -0.3 is 15.3 Å². The predicted octanol–water partition coefficient (Wildman–Crippen LogP) is 1.74. The van der Waals surface area contributed by atoms with Crippen LogP contribution in [0.25, 0.3) is 0 Å². The molecule has 6 nitrogen and oxygen atoms in total. The maximum absolute atomic E-state index is 10.9. The molecular weight excluding hydrogens is 251 g/mol. The Balaban J connectivity index is 3.60. The zero-order chi connectivity index (χ0) is 11.7. The van der Waals surface area contributed by atoms with E-state index in [0.29, 0.717) is 0 Å². The van der Waals surface area contributed by atoms with E-state index < -0.39 is 38.8 Å². The summed E-state index contributed by atoms with van der Waals surface area (Å²) in [5.41, 5.74) is -0.842. The van der Waals surface area contributed by atoms with Gasteiger partial charge in [0, 0.05) is 0 Å². The normalized spacial score (nSPS) is 10.1. The van der Waals surface area contributed by atoms with Crippen LogP contribution in [-0.2, 0) is 4.89 Å². The quantitative estimate of drug-likeness (QED) is 0.449. The van der Waals surface area contributed by atoms with E-state index in [1.165, 1.54) is 0 Å². The number of aromatic hydroxyl groups is 3. The summed E-state index contributed by atoms with van der Waals surface area (Å²) in [6.07, 6.45) is 0. The fraction of sp³-hybridized carbons (Fsp3) is 0. The van der Waals surface area contributed by atoms with Crippen molar-refractivity contribution in [2.75, 3.05) is 0 Å². The summed E-state index contributed by atoms with van der Waals surface area (Å²) in [5.74, 6) is -4.15. The molecular formula is C7H4Cl2O6. The fourth-order valence-electron chi connectivity index (χ4n) is 0.891. The van der Waals surface area contributed by atoms with Crippen LogP contribution >= 0.6 is 23.2 Å². The maximum atomic E-state index is 10.9. The Labute approximate surface area is 92.8 Å². The van der Waals surface area contributed by atoms with E-state index in [9.17, 15) is 15.0 Å². The zero-order valence-electron chi connectivity index (χ0n) is 6.86. The van der Waals surface area contributed by atoms with Crippen LogP contribution in [0.2, 0.25) is 10.0 Å². The second kappa shape index (κ2) is 4.01. The molecule has 0 aliphatic heterocycles. The molecule has 1 aromatic carbocycles. The van der Waals surface area contributed by atoms with Crippen molar-refractivity contribution in [3.05, 3.63) is 15.6 Å². The number of phenolic OH excluding ortho intramolecular Hbond substituents is 3. The van der Waals surface area contributed by atoms with Crippen molar-refractivity contribution in [1.82, 2.24) is 0 Å². The summed E-state index contributed by atoms with van der Waals surface area (Å²) in [6, 6.07) is 0. The molecule has 0 aliphatic rings. The van der Waals surface area contributed by atoms with Crippen LogP contribution in [0.3, 0.4) is 0 Å². The third-order valence-electron chi connectivity index (χ3n) is 1.59. The molecule has 0 unspecified atom stereocenters. The van der Waals surface area contributed by atoms with E-state index in [-0.39, 0.29) is 0 Å². The molecule has 0 fully saturated rings. The van der Waals surface area contributed by atoms with Gasteiger partial charge in [-0.2, -0.15) is 5.26 Å². The van der Waals surface area contributed by atoms with Crippen molar-refractivity contribution in [3.8, 4) is 17.2 Å². The zero-order valence-corrected chi connectivity index (χ0v) is 8.37. The first kappa shape index (κ1) is 11.7. The third kappa shape index (κ3) is 1.74. The molecule has 0 atom stereocenters. The number of benzene rings is 1. The van der Waals surface area contributed by atoms with Crippen molar-refractivity contribution in [2.45, 2.75) is 0 Å². The van der Waals surface area contributed by atoms with Gasteiger partial charge in [0.1, 0.15) is 15.6 Å². The highest BCUT2D eigenvalue weighted by Crippen LogP contribution is 2.47. The number of hydrogen-bond acceptors (Lipinski definition) is 6. The van der Waals surface area contributed by atoms with Crippen molar-refractivity contribution in [1.29, 1.82) is 0 Å². The Morgan fingerprint density at radius 1 is 1.00 bits per heavy atom. The minimum Gasteiger partial charge on any atom is -0.505 e. The third-order valence-corrected chi connectivity index (χ3v) is 2.31. The lowest BCUT2D eigenvalue weighted by atomic mass is 10.1. The second-order valence-electron chi connectivity index (χ2n) is 2.43. The van der Waals surface area contributed by atoms with Crippen LogP contribution in [0.5, 0.6) is 17.2 Å². The van der Waals surface area contributed by atoms with Crippen LogP contribution in [0.4, 0.5) is 0 Å². The molecule has 1 rings (SSSR count). The van der Waals surface area contributed by atoms with Crippen LogP contribution in [0, 0.1) is 0 Å². The van der Waals surface area contributed by atoms with E-state index in [4.69, 9.17) is 33.6 Å². The minimum atomic E-state index is -1.46. The van der Waals surface area contributed by atoms with Crippen LogP contribution < -0.4 is 0 Å². The van der Waals surface area contributed by atoms with Crippen molar-refractivity contribution in [3.63, 3.8) is 0 Å². The number of carbonyl (C=O) groups is 1. The van der Waals surface area contributed by atoms with E-state index in [1.807, 2.05) is 0 Å².